The minimum atomic E-state index is -0.514. The quantitative estimate of drug-likeness (QED) is 0.636. The summed E-state index contributed by atoms with van der Waals surface area (Å²) in [6.07, 6.45) is 3.20. The molecule has 0 unspecified atom stereocenters. The van der Waals surface area contributed by atoms with Gasteiger partial charge in [0.1, 0.15) is 0 Å². The van der Waals surface area contributed by atoms with Crippen molar-refractivity contribution in [3.05, 3.63) is 70.9 Å². The third kappa shape index (κ3) is 4.34. The summed E-state index contributed by atoms with van der Waals surface area (Å²) in [6.45, 7) is 7.49. The van der Waals surface area contributed by atoms with E-state index in [1.54, 1.807) is 4.90 Å². The van der Waals surface area contributed by atoms with Gasteiger partial charge < -0.3 is 15.4 Å². The predicted octanol–water partition coefficient (Wildman–Crippen LogP) is 5.50. The number of amides is 2. The van der Waals surface area contributed by atoms with Crippen LogP contribution in [0.3, 0.4) is 0 Å². The summed E-state index contributed by atoms with van der Waals surface area (Å²) in [6, 6.07) is 15.2. The maximum atomic E-state index is 13.8. The number of aryl methyl sites for hydroxylation is 1. The molecule has 6 heteroatoms. The number of hydrogen-bond acceptors (Lipinski definition) is 4. The van der Waals surface area contributed by atoms with Crippen LogP contribution in [0.2, 0.25) is 0 Å². The van der Waals surface area contributed by atoms with E-state index in [0.717, 1.165) is 54.1 Å². The van der Waals surface area contributed by atoms with E-state index in [4.69, 9.17) is 4.74 Å². The van der Waals surface area contributed by atoms with Gasteiger partial charge in [0.25, 0.3) is 0 Å². The summed E-state index contributed by atoms with van der Waals surface area (Å²) in [5.41, 5.74) is 5.11. The molecule has 1 aliphatic carbocycles. The van der Waals surface area contributed by atoms with Gasteiger partial charge in [0.2, 0.25) is 0 Å². The molecule has 0 radical (unpaired) electrons. The molecule has 1 saturated heterocycles. The molecule has 2 heterocycles. The van der Waals surface area contributed by atoms with Gasteiger partial charge in [-0.3, -0.25) is 9.69 Å². The molecule has 3 aliphatic rings. The molecule has 5 rings (SSSR count). The zero-order valence-electron chi connectivity index (χ0n) is 20.2. The van der Waals surface area contributed by atoms with E-state index in [1.165, 1.54) is 0 Å². The second-order valence-electron chi connectivity index (χ2n) is 10.5. The van der Waals surface area contributed by atoms with Crippen LogP contribution < -0.4 is 15.5 Å². The van der Waals surface area contributed by atoms with Gasteiger partial charge in [0.05, 0.1) is 23.5 Å². The number of urea groups is 1. The lowest BCUT2D eigenvalue weighted by molar-refractivity contribution is -0.118. The summed E-state index contributed by atoms with van der Waals surface area (Å²) in [5, 5.41) is 6.65. The first-order chi connectivity index (χ1) is 16.3. The number of ketones is 1. The molecule has 2 aromatic carbocycles. The molecule has 2 N–H and O–H groups in total. The van der Waals surface area contributed by atoms with E-state index in [9.17, 15) is 9.59 Å². The molecule has 1 fully saturated rings. The van der Waals surface area contributed by atoms with Gasteiger partial charge in [-0.25, -0.2) is 4.79 Å². The van der Waals surface area contributed by atoms with Gasteiger partial charge in [0.15, 0.2) is 5.78 Å². The Labute approximate surface area is 201 Å². The van der Waals surface area contributed by atoms with Crippen LogP contribution in [0.4, 0.5) is 16.2 Å². The Kier molecular flexibility index (Phi) is 5.94. The molecular weight excluding hydrogens is 426 g/mol. The first kappa shape index (κ1) is 22.7. The van der Waals surface area contributed by atoms with E-state index >= 15 is 0 Å². The topological polar surface area (TPSA) is 70.7 Å². The third-order valence-corrected chi connectivity index (χ3v) is 7.02. The number of nitrogens with one attached hydrogen (secondary N) is 2. The van der Waals surface area contributed by atoms with E-state index in [1.807, 2.05) is 55.5 Å². The summed E-state index contributed by atoms with van der Waals surface area (Å²) >= 11 is 0. The van der Waals surface area contributed by atoms with Gasteiger partial charge in [-0.2, -0.15) is 0 Å². The highest BCUT2D eigenvalue weighted by Gasteiger charge is 2.43. The Balaban J connectivity index is 1.64. The molecule has 178 valence electrons. The second-order valence-corrected chi connectivity index (χ2v) is 10.5. The minimum Gasteiger partial charge on any atom is -0.376 e. The molecule has 0 saturated carbocycles. The number of allylic oxidation sites excluding steroid dienone is 1. The molecule has 2 amide bonds. The third-order valence-electron chi connectivity index (χ3n) is 7.02. The highest BCUT2D eigenvalue weighted by Crippen LogP contribution is 2.48. The van der Waals surface area contributed by atoms with E-state index in [0.29, 0.717) is 18.5 Å². The van der Waals surface area contributed by atoms with Crippen LogP contribution in [0.15, 0.2) is 59.8 Å². The Hall–Kier alpha value is -3.12. The van der Waals surface area contributed by atoms with Crippen LogP contribution in [-0.2, 0) is 9.53 Å². The second kappa shape index (κ2) is 8.91. The molecule has 0 spiro atoms. The van der Waals surface area contributed by atoms with Crippen molar-refractivity contribution >= 4 is 23.2 Å². The first-order valence-electron chi connectivity index (χ1n) is 12.2. The van der Waals surface area contributed by atoms with Crippen molar-refractivity contribution < 1.29 is 14.3 Å². The Morgan fingerprint density at radius 1 is 1.15 bits per heavy atom. The van der Waals surface area contributed by atoms with E-state index in [2.05, 4.69) is 24.5 Å². The van der Waals surface area contributed by atoms with Crippen molar-refractivity contribution in [2.24, 2.45) is 5.41 Å². The average molecular weight is 460 g/mol. The van der Waals surface area contributed by atoms with Crippen LogP contribution in [0.5, 0.6) is 0 Å². The lowest BCUT2D eigenvalue weighted by Gasteiger charge is -2.37. The van der Waals surface area contributed by atoms with E-state index in [-0.39, 0.29) is 23.3 Å². The highest BCUT2D eigenvalue weighted by molar-refractivity contribution is 6.06. The standard InChI is InChI=1S/C28H33N3O3/c1-18-10-12-19(13-11-18)26-25-22(15-28(2,3)16-24(25)32)30-21-8-4-5-9-23(21)31(26)27(33)29-17-20-7-6-14-34-20/h4-5,8-13,20,26,30H,6-7,14-17H2,1-3H3,(H,29,33)/t20-,26-/m1/s1. The number of para-hydroxylation sites is 2. The monoisotopic (exact) mass is 459 g/mol. The van der Waals surface area contributed by atoms with Crippen molar-refractivity contribution in [1.29, 1.82) is 0 Å². The minimum absolute atomic E-state index is 0.0361. The Bertz CT molecular complexity index is 1130. The molecule has 2 aliphatic heterocycles. The smallest absolute Gasteiger partial charge is 0.322 e. The number of benzene rings is 2. The van der Waals surface area contributed by atoms with Crippen molar-refractivity contribution in [2.75, 3.05) is 23.4 Å². The lowest BCUT2D eigenvalue weighted by Crippen LogP contribution is -2.46. The Morgan fingerprint density at radius 2 is 1.91 bits per heavy atom. The van der Waals surface area contributed by atoms with Crippen molar-refractivity contribution in [3.63, 3.8) is 0 Å². The largest absolute Gasteiger partial charge is 0.376 e. The van der Waals surface area contributed by atoms with Crippen LogP contribution in [0.1, 0.15) is 56.7 Å². The summed E-state index contributed by atoms with van der Waals surface area (Å²) in [5.74, 6) is 0.0917. The van der Waals surface area contributed by atoms with Crippen LogP contribution >= 0.6 is 0 Å². The van der Waals surface area contributed by atoms with Crippen LogP contribution in [-0.4, -0.2) is 31.1 Å². The summed E-state index contributed by atoms with van der Waals surface area (Å²) in [7, 11) is 0. The maximum Gasteiger partial charge on any atom is 0.322 e. The van der Waals surface area contributed by atoms with Crippen LogP contribution in [0, 0.1) is 12.3 Å². The maximum absolute atomic E-state index is 13.8. The molecule has 6 nitrogen and oxygen atoms in total. The van der Waals surface area contributed by atoms with Gasteiger partial charge in [-0.1, -0.05) is 55.8 Å². The average Bonchev–Trinajstić information content (AvgIpc) is 3.26. The number of anilines is 2. The summed E-state index contributed by atoms with van der Waals surface area (Å²) < 4.78 is 5.73. The summed E-state index contributed by atoms with van der Waals surface area (Å²) in [4.78, 5) is 29.2. The molecule has 0 aromatic heterocycles. The SMILES string of the molecule is Cc1ccc([C@@H]2C3=C(CC(C)(C)CC3=O)Nc3ccccc3N2C(=O)NC[C@H]2CCCO2)cc1. The number of fused-ring (bicyclic) bond motifs is 1. The van der Waals surface area contributed by atoms with Gasteiger partial charge >= 0.3 is 6.03 Å². The van der Waals surface area contributed by atoms with Crippen molar-refractivity contribution in [2.45, 2.75) is 58.6 Å². The highest BCUT2D eigenvalue weighted by atomic mass is 16.5. The predicted molar refractivity (Wildman–Crippen MR) is 134 cm³/mol. The first-order valence-corrected chi connectivity index (χ1v) is 12.2. The van der Waals surface area contributed by atoms with E-state index < -0.39 is 6.04 Å². The van der Waals surface area contributed by atoms with Crippen molar-refractivity contribution in [1.82, 2.24) is 5.32 Å². The number of nitrogens with zero attached hydrogens (tertiary/aromatic N) is 1. The molecular formula is C28H33N3O3. The zero-order valence-corrected chi connectivity index (χ0v) is 20.2. The molecule has 34 heavy (non-hydrogen) atoms. The number of Topliss-reactive ketones (excluding diaryl/α,β-unsaturated/α-hetero) is 1. The number of carbonyl (C=O) groups is 2. The lowest BCUT2D eigenvalue weighted by atomic mass is 9.73. The fourth-order valence-corrected chi connectivity index (χ4v) is 5.37. The number of rotatable bonds is 3. The van der Waals surface area contributed by atoms with Gasteiger partial charge in [-0.15, -0.1) is 0 Å². The van der Waals surface area contributed by atoms with Gasteiger partial charge in [-0.05, 0) is 49.3 Å². The van der Waals surface area contributed by atoms with Gasteiger partial charge in [0, 0.05) is 30.8 Å². The van der Waals surface area contributed by atoms with Crippen LogP contribution in [0.25, 0.3) is 0 Å². The molecule has 0 bridgehead atoms. The number of hydrogen-bond donors (Lipinski definition) is 2. The Morgan fingerprint density at radius 3 is 2.65 bits per heavy atom. The fourth-order valence-electron chi connectivity index (χ4n) is 5.37. The van der Waals surface area contributed by atoms with Crippen molar-refractivity contribution in [3.8, 4) is 0 Å². The molecule has 2 atom stereocenters. The fraction of sp³-hybridized carbons (Fsp3) is 0.429. The normalized spacial score (nSPS) is 23.6. The zero-order chi connectivity index (χ0) is 23.9. The number of carbonyl (C=O) groups excluding carboxylic acids is 2. The number of ether oxygens (including phenoxy) is 1. The molecule has 2 aromatic rings.